The van der Waals surface area contributed by atoms with Gasteiger partial charge < -0.3 is 4.74 Å². The first-order chi connectivity index (χ1) is 12.9. The topological polar surface area (TPSA) is 92.8 Å². The molecular weight excluding hydrogens is 368 g/mol. The zero-order valence-electron chi connectivity index (χ0n) is 14.8. The highest BCUT2D eigenvalue weighted by molar-refractivity contribution is 7.89. The quantitative estimate of drug-likeness (QED) is 0.579. The Bertz CT molecular complexity index is 938. The molecule has 3 rings (SSSR count). The van der Waals surface area contributed by atoms with Crippen LogP contribution in [0.4, 0.5) is 5.69 Å². The first-order valence-electron chi connectivity index (χ1n) is 8.52. The van der Waals surface area contributed by atoms with E-state index in [1.54, 1.807) is 0 Å². The summed E-state index contributed by atoms with van der Waals surface area (Å²) in [6.45, 7) is 2.22. The second kappa shape index (κ2) is 7.89. The number of nitrogens with one attached hydrogen (secondary N) is 1. The highest BCUT2D eigenvalue weighted by atomic mass is 32.2. The predicted molar refractivity (Wildman–Crippen MR) is 100 cm³/mol. The summed E-state index contributed by atoms with van der Waals surface area (Å²) in [5, 5.41) is 0. The Morgan fingerprint density at radius 3 is 2.26 bits per heavy atom. The lowest BCUT2D eigenvalue weighted by Gasteiger charge is -2.14. The van der Waals surface area contributed by atoms with Crippen molar-refractivity contribution in [2.75, 3.05) is 18.1 Å². The average Bonchev–Trinajstić information content (AvgIpc) is 2.99. The number of rotatable bonds is 7. The number of carbonyl (C=O) groups excluding carboxylic acids is 2. The van der Waals surface area contributed by atoms with Gasteiger partial charge in [0.15, 0.2) is 0 Å². The summed E-state index contributed by atoms with van der Waals surface area (Å²) in [4.78, 5) is 24.6. The second-order valence-corrected chi connectivity index (χ2v) is 7.90. The van der Waals surface area contributed by atoms with Crippen molar-refractivity contribution in [3.05, 3.63) is 54.1 Å². The van der Waals surface area contributed by atoms with Gasteiger partial charge in [0.2, 0.25) is 21.8 Å². The molecule has 142 valence electrons. The van der Waals surface area contributed by atoms with Crippen molar-refractivity contribution in [1.29, 1.82) is 0 Å². The fraction of sp³-hybridized carbons (Fsp3) is 0.263. The van der Waals surface area contributed by atoms with E-state index in [0.29, 0.717) is 11.4 Å². The third kappa shape index (κ3) is 4.35. The third-order valence-corrected chi connectivity index (χ3v) is 5.68. The summed E-state index contributed by atoms with van der Waals surface area (Å²) in [7, 11) is -3.71. The molecule has 0 atom stereocenters. The standard InChI is InChI=1S/C19H20N2O5S/c1-14-4-2-3-5-17(14)26-13-12-20-27(24,25)16-8-6-15(7-9-16)21-18(22)10-11-19(21)23/h2-9,20H,10-13H2,1H3. The average molecular weight is 388 g/mol. The van der Waals surface area contributed by atoms with E-state index in [9.17, 15) is 18.0 Å². The molecule has 2 amide bonds. The number of hydrogen-bond donors (Lipinski definition) is 1. The summed E-state index contributed by atoms with van der Waals surface area (Å²) in [5.74, 6) is 0.158. The highest BCUT2D eigenvalue weighted by Crippen LogP contribution is 2.24. The number of ether oxygens (including phenoxy) is 1. The number of para-hydroxylation sites is 1. The molecule has 1 saturated heterocycles. The van der Waals surface area contributed by atoms with Gasteiger partial charge in [0.05, 0.1) is 10.6 Å². The van der Waals surface area contributed by atoms with Crippen molar-refractivity contribution in [1.82, 2.24) is 4.72 Å². The minimum Gasteiger partial charge on any atom is -0.492 e. The molecule has 27 heavy (non-hydrogen) atoms. The van der Waals surface area contributed by atoms with Crippen LogP contribution in [0.3, 0.4) is 0 Å². The van der Waals surface area contributed by atoms with Crippen molar-refractivity contribution in [3.8, 4) is 5.75 Å². The Kier molecular flexibility index (Phi) is 5.57. The van der Waals surface area contributed by atoms with Crippen molar-refractivity contribution in [2.45, 2.75) is 24.7 Å². The maximum atomic E-state index is 12.4. The van der Waals surface area contributed by atoms with Gasteiger partial charge in [-0.25, -0.2) is 13.1 Å². The van der Waals surface area contributed by atoms with Gasteiger partial charge >= 0.3 is 0 Å². The van der Waals surface area contributed by atoms with Crippen molar-refractivity contribution in [2.24, 2.45) is 0 Å². The molecule has 1 aliphatic rings. The molecule has 0 bridgehead atoms. The van der Waals surface area contributed by atoms with Crippen LogP contribution in [0.5, 0.6) is 5.75 Å². The number of aryl methyl sites for hydroxylation is 1. The Hall–Kier alpha value is -2.71. The molecule has 1 N–H and O–H groups in total. The molecule has 7 nitrogen and oxygen atoms in total. The molecule has 2 aromatic carbocycles. The van der Waals surface area contributed by atoms with Crippen molar-refractivity contribution in [3.63, 3.8) is 0 Å². The SMILES string of the molecule is Cc1ccccc1OCCNS(=O)(=O)c1ccc(N2C(=O)CCC2=O)cc1. The zero-order chi connectivity index (χ0) is 19.4. The van der Waals surface area contributed by atoms with Crippen molar-refractivity contribution >= 4 is 27.5 Å². The summed E-state index contributed by atoms with van der Waals surface area (Å²) >= 11 is 0. The normalized spacial score (nSPS) is 14.6. The van der Waals surface area contributed by atoms with E-state index >= 15 is 0 Å². The van der Waals surface area contributed by atoms with Crippen LogP contribution in [0.15, 0.2) is 53.4 Å². The van der Waals surface area contributed by atoms with Gasteiger partial charge in [-0.3, -0.25) is 14.5 Å². The van der Waals surface area contributed by atoms with Crippen LogP contribution < -0.4 is 14.4 Å². The number of amides is 2. The number of hydrogen-bond acceptors (Lipinski definition) is 5. The van der Waals surface area contributed by atoms with E-state index in [2.05, 4.69) is 4.72 Å². The van der Waals surface area contributed by atoms with Gasteiger partial charge in [0.25, 0.3) is 0 Å². The first kappa shape index (κ1) is 19.1. The van der Waals surface area contributed by atoms with Gasteiger partial charge in [-0.2, -0.15) is 0 Å². The third-order valence-electron chi connectivity index (χ3n) is 4.20. The fourth-order valence-electron chi connectivity index (χ4n) is 2.78. The highest BCUT2D eigenvalue weighted by Gasteiger charge is 2.30. The van der Waals surface area contributed by atoms with Gasteiger partial charge in [-0.1, -0.05) is 18.2 Å². The largest absolute Gasteiger partial charge is 0.492 e. The molecule has 0 unspecified atom stereocenters. The van der Waals surface area contributed by atoms with Crippen LogP contribution in [-0.2, 0) is 19.6 Å². The van der Waals surface area contributed by atoms with Gasteiger partial charge in [-0.05, 0) is 42.8 Å². The summed E-state index contributed by atoms with van der Waals surface area (Å²) in [6.07, 6.45) is 0.364. The number of carbonyl (C=O) groups is 2. The Morgan fingerprint density at radius 1 is 1.00 bits per heavy atom. The van der Waals surface area contributed by atoms with Crippen molar-refractivity contribution < 1.29 is 22.7 Å². The van der Waals surface area contributed by atoms with E-state index in [0.717, 1.165) is 10.5 Å². The first-order valence-corrected chi connectivity index (χ1v) is 10.0. The minimum absolute atomic E-state index is 0.0567. The Labute approximate surface area is 158 Å². The van der Waals surface area contributed by atoms with Crippen LogP contribution in [-0.4, -0.2) is 33.4 Å². The predicted octanol–water partition coefficient (Wildman–Crippen LogP) is 2.01. The van der Waals surface area contributed by atoms with Gasteiger partial charge in [-0.15, -0.1) is 0 Å². The number of sulfonamides is 1. The monoisotopic (exact) mass is 388 g/mol. The van der Waals surface area contributed by atoms with Gasteiger partial charge in [0, 0.05) is 19.4 Å². The molecule has 0 radical (unpaired) electrons. The van der Waals surface area contributed by atoms with E-state index in [-0.39, 0.29) is 42.7 Å². The molecule has 1 fully saturated rings. The molecule has 0 saturated carbocycles. The molecule has 0 aliphatic carbocycles. The van der Waals surface area contributed by atoms with E-state index in [4.69, 9.17) is 4.74 Å². The zero-order valence-corrected chi connectivity index (χ0v) is 15.7. The summed E-state index contributed by atoms with van der Waals surface area (Å²) in [5.41, 5.74) is 1.35. The van der Waals surface area contributed by atoms with E-state index in [1.807, 2.05) is 31.2 Å². The van der Waals surface area contributed by atoms with Gasteiger partial charge in [0.1, 0.15) is 12.4 Å². The molecular formula is C19H20N2O5S. The van der Waals surface area contributed by atoms with E-state index < -0.39 is 10.0 Å². The molecule has 8 heteroatoms. The summed E-state index contributed by atoms with van der Waals surface area (Å²) < 4.78 is 32.8. The van der Waals surface area contributed by atoms with Crippen LogP contribution >= 0.6 is 0 Å². The molecule has 1 heterocycles. The number of anilines is 1. The number of imide groups is 1. The molecule has 0 spiro atoms. The lowest BCUT2D eigenvalue weighted by atomic mass is 10.2. The van der Waals surface area contributed by atoms with Crippen LogP contribution in [0.25, 0.3) is 0 Å². The fourth-order valence-corrected chi connectivity index (χ4v) is 3.79. The maximum Gasteiger partial charge on any atom is 0.240 e. The number of benzene rings is 2. The lowest BCUT2D eigenvalue weighted by molar-refractivity contribution is -0.121. The smallest absolute Gasteiger partial charge is 0.240 e. The second-order valence-electron chi connectivity index (χ2n) is 6.13. The maximum absolute atomic E-state index is 12.4. The molecule has 1 aliphatic heterocycles. The molecule has 2 aromatic rings. The van der Waals surface area contributed by atoms with Crippen LogP contribution in [0, 0.1) is 6.92 Å². The lowest BCUT2D eigenvalue weighted by Crippen LogP contribution is -2.29. The Morgan fingerprint density at radius 2 is 1.63 bits per heavy atom. The minimum atomic E-state index is -3.71. The number of nitrogens with zero attached hydrogens (tertiary/aromatic N) is 1. The van der Waals surface area contributed by atoms with Crippen LogP contribution in [0.1, 0.15) is 18.4 Å². The van der Waals surface area contributed by atoms with E-state index in [1.165, 1.54) is 24.3 Å². The molecule has 0 aromatic heterocycles. The Balaban J connectivity index is 1.59. The van der Waals surface area contributed by atoms with Crippen LogP contribution in [0.2, 0.25) is 0 Å². The summed E-state index contributed by atoms with van der Waals surface area (Å²) in [6, 6.07) is 13.2.